The molecule has 8 nitrogen and oxygen atoms in total. The van der Waals surface area contributed by atoms with Crippen molar-refractivity contribution in [2.75, 3.05) is 9.80 Å². The molecule has 132 heavy (non-hydrogen) atoms. The number of hydrogen-bond acceptors (Lipinski definition) is 10. The zero-order chi connectivity index (χ0) is 86.7. The van der Waals surface area contributed by atoms with Crippen LogP contribution in [0.25, 0.3) is 63.1 Å². The van der Waals surface area contributed by atoms with E-state index < -0.39 is 10.8 Å². The Kier molecular flexibility index (Phi) is 17.2. The van der Waals surface area contributed by atoms with Crippen molar-refractivity contribution in [3.63, 3.8) is 0 Å². The molecule has 16 fully saturated rings. The minimum Gasteiger partial charge on any atom is -0.310 e. The van der Waals surface area contributed by atoms with E-state index in [-0.39, 0.29) is 21.7 Å². The molecule has 4 aromatic heterocycles. The third-order valence-corrected chi connectivity index (χ3v) is 39.3. The summed E-state index contributed by atoms with van der Waals surface area (Å²) in [5, 5.41) is 5.29. The number of anilines is 6. The first-order chi connectivity index (χ1) is 64.9. The van der Waals surface area contributed by atoms with Gasteiger partial charge in [-0.05, 0) is 367 Å². The second kappa shape index (κ2) is 29.1. The summed E-state index contributed by atoms with van der Waals surface area (Å²) in [5.74, 6) is 16.6. The van der Waals surface area contributed by atoms with Crippen LogP contribution in [0.15, 0.2) is 279 Å². The Bertz CT molecular complexity index is 7020. The average Bonchev–Trinajstić information content (AvgIpc) is 1.11. The van der Waals surface area contributed by atoms with E-state index in [2.05, 4.69) is 303 Å². The van der Waals surface area contributed by atoms with Gasteiger partial charge in [0.2, 0.25) is 0 Å². The molecule has 34 rings (SSSR count). The van der Waals surface area contributed by atoms with Crippen LogP contribution < -0.4 is 9.80 Å². The monoisotopic (exact) mass is 1750 g/mol. The molecular weight excluding hydrogens is 1640 g/mol. The van der Waals surface area contributed by atoms with Gasteiger partial charge in [0.15, 0.2) is 11.6 Å². The summed E-state index contributed by atoms with van der Waals surface area (Å²) < 4.78 is 5.34. The van der Waals surface area contributed by atoms with Crippen molar-refractivity contribution < 1.29 is 0 Å². The van der Waals surface area contributed by atoms with E-state index in [1.165, 1.54) is 279 Å². The summed E-state index contributed by atoms with van der Waals surface area (Å²) in [7, 11) is 0. The molecule has 16 aromatic rings. The van der Waals surface area contributed by atoms with Gasteiger partial charge < -0.3 is 9.80 Å². The molecule has 18 aliphatic rings. The molecule has 0 N–H and O–H groups in total. The topological polar surface area (TPSA) is 83.8 Å². The van der Waals surface area contributed by atoms with Gasteiger partial charge in [-0.2, -0.15) is 0 Å². The van der Waals surface area contributed by atoms with Crippen LogP contribution in [0.5, 0.6) is 0 Å². The lowest BCUT2D eigenvalue weighted by Gasteiger charge is -2.57. The van der Waals surface area contributed by atoms with Gasteiger partial charge in [0.25, 0.3) is 0 Å². The second-order valence-corrected chi connectivity index (χ2v) is 47.0. The van der Waals surface area contributed by atoms with E-state index >= 15 is 0 Å². The van der Waals surface area contributed by atoms with E-state index in [1.54, 1.807) is 0 Å². The number of rotatable bonds is 12. The van der Waals surface area contributed by atoms with E-state index in [4.69, 9.17) is 29.9 Å². The lowest BCUT2D eigenvalue weighted by molar-refractivity contribution is -0.0157. The van der Waals surface area contributed by atoms with E-state index in [9.17, 15) is 0 Å². The van der Waals surface area contributed by atoms with Crippen molar-refractivity contribution in [3.05, 3.63) is 358 Å². The summed E-state index contributed by atoms with van der Waals surface area (Å²) in [6.07, 6.45) is 32.4. The molecule has 0 amide bonds. The van der Waals surface area contributed by atoms with Crippen molar-refractivity contribution >= 4 is 97.1 Å². The van der Waals surface area contributed by atoms with Crippen molar-refractivity contribution in [1.82, 2.24) is 29.9 Å². The van der Waals surface area contributed by atoms with Gasteiger partial charge in [-0.1, -0.05) is 206 Å². The lowest BCUT2D eigenvalue weighted by atomic mass is 9.49. The van der Waals surface area contributed by atoms with Crippen LogP contribution in [0.4, 0.5) is 34.1 Å². The maximum Gasteiger partial charge on any atom is 0.163 e. The lowest BCUT2D eigenvalue weighted by Crippen LogP contribution is -2.51. The Morgan fingerprint density at radius 3 is 0.856 bits per heavy atom. The summed E-state index contributed by atoms with van der Waals surface area (Å²) >= 11 is 3.85. The maximum atomic E-state index is 5.79. The SMILES string of the molecule is Cc1cc(-c2nc(C34CC5CC(CC(C5)C3)C4)nc(C34CC5CC(CC(C5)C3)C4)n2)cc(C)c1N1c2ccccc2C(c2ccccc2)(c2cccc3c2sc2ccccc23)c2ccccc21.c1ccc(C2(c3cccc4c3sc3ccccc34)c3ccccc3N(c3ccc(-c4nc(C56CC7CC(CC(C7)C5)C6)nc(C56CC7CC(CC(C7)C5)C6)n4)cc3)c3ccccc32)cc1. The number of aryl methyl sites for hydroxylation is 2. The van der Waals surface area contributed by atoms with E-state index in [0.717, 1.165) is 123 Å². The molecule has 12 aromatic carbocycles. The number of nitrogens with zero attached hydrogens (tertiary/aromatic N) is 8. The fourth-order valence-corrected chi connectivity index (χ4v) is 36.2. The standard InChI is InChI=1S/C62H58N4S.C60H54N4S/c1-37-23-45(57-63-58(60-31-39-25-40(32-60)27-41(26-39)33-60)65-59(64-57)61-34-42-28-43(35-61)30-44(29-42)36-61)24-38(2)55(37)66-52-20-9-7-17-49(52)62(46-13-4-3-5-14-46,50-18-8-10-21-53(50)66)51-19-12-16-48-47-15-6-11-22-54(47)67-56(48)51;1-2-11-44(12-3-1)60(50-17-10-14-47-46-13-4-9-20-53(46)65-54(47)50)48-15-5-7-18-51(48)64(52-19-8-6-16-49(52)60)45-23-21-43(22-24-45)55-61-56(58-31-37-25-38(32-58)27-39(26-37)33-58)63-57(62-55)59-34-40-28-41(35-59)30-42(29-40)36-59/h3-24,39-44H,25-36H2,1-2H3;1-24,37-42H,25-36H2. The molecule has 16 aliphatic carbocycles. The molecule has 16 saturated carbocycles. The molecule has 6 heterocycles. The number of thiophene rings is 2. The minimum absolute atomic E-state index is 0.111. The van der Waals surface area contributed by atoms with Crippen LogP contribution in [-0.2, 0) is 32.5 Å². The fraction of sp³-hybridized carbons (Fsp3) is 0.361. The zero-order valence-electron chi connectivity index (χ0n) is 75.9. The van der Waals surface area contributed by atoms with E-state index in [0.29, 0.717) is 0 Å². The van der Waals surface area contributed by atoms with E-state index in [1.807, 2.05) is 22.7 Å². The Hall–Kier alpha value is -11.3. The highest BCUT2D eigenvalue weighted by Crippen LogP contribution is 2.69. The number of aromatic nitrogens is 6. The smallest absolute Gasteiger partial charge is 0.163 e. The summed E-state index contributed by atoms with van der Waals surface area (Å²) in [5.41, 5.74) is 21.7. The van der Waals surface area contributed by atoms with Crippen LogP contribution in [0.1, 0.15) is 233 Å². The number of benzene rings is 12. The van der Waals surface area contributed by atoms with Crippen LogP contribution in [0.3, 0.4) is 0 Å². The van der Waals surface area contributed by atoms with Gasteiger partial charge >= 0.3 is 0 Å². The Balaban J connectivity index is 0.000000129. The summed E-state index contributed by atoms with van der Waals surface area (Å²) in [6.45, 7) is 4.66. The highest BCUT2D eigenvalue weighted by Gasteiger charge is 2.60. The molecule has 2 aliphatic heterocycles. The quantitative estimate of drug-likeness (QED) is 0.120. The highest BCUT2D eigenvalue weighted by atomic mass is 32.1. The third kappa shape index (κ3) is 11.6. The average molecular weight is 1750 g/mol. The highest BCUT2D eigenvalue weighted by molar-refractivity contribution is 7.26. The van der Waals surface area contributed by atoms with Crippen LogP contribution in [0, 0.1) is 84.9 Å². The van der Waals surface area contributed by atoms with Crippen molar-refractivity contribution in [2.24, 2.45) is 71.0 Å². The Morgan fingerprint density at radius 1 is 0.250 bits per heavy atom. The molecule has 0 radical (unpaired) electrons. The zero-order valence-corrected chi connectivity index (χ0v) is 77.5. The predicted molar refractivity (Wildman–Crippen MR) is 538 cm³/mol. The third-order valence-electron chi connectivity index (χ3n) is 36.9. The molecule has 16 bridgehead atoms. The van der Waals surface area contributed by atoms with Crippen molar-refractivity contribution in [3.8, 4) is 22.8 Å². The molecule has 0 atom stereocenters. The van der Waals surface area contributed by atoms with Crippen LogP contribution >= 0.6 is 22.7 Å². The number of fused-ring (bicyclic) bond motifs is 10. The summed E-state index contributed by atoms with van der Waals surface area (Å²) in [4.78, 5) is 39.3. The number of hydrogen-bond donors (Lipinski definition) is 0. The van der Waals surface area contributed by atoms with Gasteiger partial charge in [0.05, 0.1) is 39.3 Å². The molecule has 652 valence electrons. The Labute approximate surface area is 783 Å². The van der Waals surface area contributed by atoms with Crippen LogP contribution in [-0.4, -0.2) is 29.9 Å². The van der Waals surface area contributed by atoms with Crippen molar-refractivity contribution in [2.45, 2.75) is 200 Å². The largest absolute Gasteiger partial charge is 0.310 e. The minimum atomic E-state index is -0.570. The fourth-order valence-electron chi connectivity index (χ4n) is 33.7. The first-order valence-electron chi connectivity index (χ1n) is 50.5. The van der Waals surface area contributed by atoms with Gasteiger partial charge in [-0.3, -0.25) is 0 Å². The van der Waals surface area contributed by atoms with Gasteiger partial charge in [0.1, 0.15) is 23.3 Å². The van der Waals surface area contributed by atoms with Gasteiger partial charge in [-0.15, -0.1) is 22.7 Å². The predicted octanol–water partition coefficient (Wildman–Crippen LogP) is 30.6. The normalized spacial score (nSPS) is 29.7. The van der Waals surface area contributed by atoms with Crippen molar-refractivity contribution in [1.29, 1.82) is 0 Å². The first kappa shape index (κ1) is 78.2. The molecular formula is C122H112N8S2. The molecule has 10 heteroatoms. The maximum absolute atomic E-state index is 5.79. The Morgan fingerprint density at radius 2 is 0.523 bits per heavy atom. The van der Waals surface area contributed by atoms with Gasteiger partial charge in [-0.25, -0.2) is 29.9 Å². The van der Waals surface area contributed by atoms with Crippen LogP contribution in [0.2, 0.25) is 0 Å². The summed E-state index contributed by atoms with van der Waals surface area (Å²) in [6, 6.07) is 105. The molecule has 0 saturated heterocycles. The number of para-hydroxylation sites is 4. The molecule has 0 spiro atoms. The molecule has 0 unspecified atom stereocenters. The second-order valence-electron chi connectivity index (χ2n) is 44.9. The first-order valence-corrected chi connectivity index (χ1v) is 52.2. The van der Waals surface area contributed by atoms with Gasteiger partial charge in [0, 0.05) is 78.8 Å².